The highest BCUT2D eigenvalue weighted by Gasteiger charge is 1.85. The molecule has 0 saturated heterocycles. The highest BCUT2D eigenvalue weighted by Crippen LogP contribution is 1.72. The van der Waals surface area contributed by atoms with Gasteiger partial charge in [0.05, 0.1) is 6.54 Å². The van der Waals surface area contributed by atoms with Gasteiger partial charge in [0.15, 0.2) is 5.78 Å². The lowest BCUT2D eigenvalue weighted by Crippen LogP contribution is -2.09. The molecule has 3 nitrogen and oxygen atoms in total. The Balaban J connectivity index is 3.52. The summed E-state index contributed by atoms with van der Waals surface area (Å²) in [6.07, 6.45) is 2.60. The molecular weight excluding hydrogens is 104 g/mol. The van der Waals surface area contributed by atoms with E-state index in [9.17, 15) is 4.79 Å². The van der Waals surface area contributed by atoms with Crippen molar-refractivity contribution >= 4 is 12.5 Å². The van der Waals surface area contributed by atoms with Crippen molar-refractivity contribution < 1.29 is 4.79 Å². The third kappa shape index (κ3) is 3.24. The molecule has 0 aliphatic carbocycles. The van der Waals surface area contributed by atoms with Crippen LogP contribution in [0.1, 0.15) is 0 Å². The van der Waals surface area contributed by atoms with E-state index in [0.717, 1.165) is 0 Å². The fourth-order valence-corrected chi connectivity index (χ4v) is 0.204. The van der Waals surface area contributed by atoms with E-state index in [1.807, 2.05) is 0 Å². The van der Waals surface area contributed by atoms with Crippen LogP contribution >= 0.6 is 0 Å². The molecule has 0 atom stereocenters. The second kappa shape index (κ2) is 4.21. The summed E-state index contributed by atoms with van der Waals surface area (Å²) in [5.41, 5.74) is 4.95. The second-order valence-electron chi connectivity index (χ2n) is 1.17. The molecule has 0 radical (unpaired) electrons. The normalized spacial score (nSPS) is 9.62. The van der Waals surface area contributed by atoms with Gasteiger partial charge in [0.1, 0.15) is 0 Å². The van der Waals surface area contributed by atoms with E-state index in [1.54, 1.807) is 0 Å². The highest BCUT2D eigenvalue weighted by atomic mass is 16.1. The lowest BCUT2D eigenvalue weighted by Gasteiger charge is -1.79. The average Bonchev–Trinajstić information content (AvgIpc) is 1.83. The number of hydrogen-bond donors (Lipinski definition) is 1. The first-order valence-electron chi connectivity index (χ1n) is 2.16. The summed E-state index contributed by atoms with van der Waals surface area (Å²) in [5.74, 6) is -0.141. The molecule has 0 aromatic carbocycles. The first-order chi connectivity index (χ1) is 3.81. The van der Waals surface area contributed by atoms with Gasteiger partial charge in [-0.25, -0.2) is 0 Å². The number of aliphatic imine (C=N–C) groups is 1. The molecule has 0 amide bonds. The van der Waals surface area contributed by atoms with Crippen LogP contribution in [0.15, 0.2) is 17.3 Å². The molecular formula is C5H8N2O. The van der Waals surface area contributed by atoms with Gasteiger partial charge in [-0.2, -0.15) is 0 Å². The SMILES string of the molecule is C=N/C=C/C(=O)CN. The van der Waals surface area contributed by atoms with Crippen LogP contribution in [0.2, 0.25) is 0 Å². The van der Waals surface area contributed by atoms with Crippen LogP contribution in [-0.4, -0.2) is 19.0 Å². The van der Waals surface area contributed by atoms with Gasteiger partial charge in [-0.1, -0.05) is 0 Å². The maximum absolute atomic E-state index is 10.3. The Kier molecular flexibility index (Phi) is 3.70. The topological polar surface area (TPSA) is 55.5 Å². The third-order valence-corrected chi connectivity index (χ3v) is 0.567. The molecule has 0 rings (SSSR count). The number of carbonyl (C=O) groups excluding carboxylic acids is 1. The molecule has 0 aromatic rings. The van der Waals surface area contributed by atoms with Gasteiger partial charge in [0.2, 0.25) is 0 Å². The van der Waals surface area contributed by atoms with Gasteiger partial charge in [0.25, 0.3) is 0 Å². The van der Waals surface area contributed by atoms with Gasteiger partial charge in [-0.3, -0.25) is 9.79 Å². The second-order valence-corrected chi connectivity index (χ2v) is 1.17. The van der Waals surface area contributed by atoms with Crippen molar-refractivity contribution in [2.45, 2.75) is 0 Å². The van der Waals surface area contributed by atoms with Crippen molar-refractivity contribution in [1.29, 1.82) is 0 Å². The zero-order valence-electron chi connectivity index (χ0n) is 4.50. The molecule has 0 aromatic heterocycles. The van der Waals surface area contributed by atoms with E-state index in [0.29, 0.717) is 0 Å². The number of ketones is 1. The van der Waals surface area contributed by atoms with Crippen LogP contribution < -0.4 is 5.73 Å². The van der Waals surface area contributed by atoms with Crippen LogP contribution in [0.3, 0.4) is 0 Å². The summed E-state index contributed by atoms with van der Waals surface area (Å²) < 4.78 is 0. The molecule has 0 heterocycles. The monoisotopic (exact) mass is 112 g/mol. The average molecular weight is 112 g/mol. The van der Waals surface area contributed by atoms with Gasteiger partial charge in [0, 0.05) is 12.3 Å². The van der Waals surface area contributed by atoms with Crippen LogP contribution in [0, 0.1) is 0 Å². The number of rotatable bonds is 3. The summed E-state index contributed by atoms with van der Waals surface area (Å²) in [5, 5.41) is 0. The van der Waals surface area contributed by atoms with Crippen molar-refractivity contribution in [3.05, 3.63) is 12.3 Å². The predicted octanol–water partition coefficient (Wildman–Crippen LogP) is -0.271. The smallest absolute Gasteiger partial charge is 0.170 e. The van der Waals surface area contributed by atoms with Crippen molar-refractivity contribution in [3.63, 3.8) is 0 Å². The Morgan fingerprint density at radius 3 is 2.88 bits per heavy atom. The summed E-state index contributed by atoms with van der Waals surface area (Å²) in [6, 6.07) is 0. The standard InChI is InChI=1S/C5H8N2O/c1-7-3-2-5(8)4-6/h2-3H,1,4,6H2/b3-2+. The number of nitrogens with two attached hydrogens (primary N) is 1. The van der Waals surface area contributed by atoms with Crippen molar-refractivity contribution in [1.82, 2.24) is 0 Å². The van der Waals surface area contributed by atoms with Crippen LogP contribution in [0.25, 0.3) is 0 Å². The summed E-state index contributed by atoms with van der Waals surface area (Å²) in [6.45, 7) is 3.17. The number of nitrogens with zero attached hydrogens (tertiary/aromatic N) is 1. The largest absolute Gasteiger partial charge is 0.324 e. The van der Waals surface area contributed by atoms with E-state index in [4.69, 9.17) is 5.73 Å². The van der Waals surface area contributed by atoms with E-state index < -0.39 is 0 Å². The Hall–Kier alpha value is -0.960. The zero-order chi connectivity index (χ0) is 6.41. The van der Waals surface area contributed by atoms with Crippen molar-refractivity contribution in [3.8, 4) is 0 Å². The molecule has 0 fully saturated rings. The molecule has 44 valence electrons. The van der Waals surface area contributed by atoms with E-state index >= 15 is 0 Å². The fraction of sp³-hybridized carbons (Fsp3) is 0.200. The lowest BCUT2D eigenvalue weighted by molar-refractivity contribution is -0.113. The van der Waals surface area contributed by atoms with E-state index in [-0.39, 0.29) is 12.3 Å². The third-order valence-electron chi connectivity index (χ3n) is 0.567. The molecule has 3 heteroatoms. The molecule has 8 heavy (non-hydrogen) atoms. The maximum Gasteiger partial charge on any atom is 0.170 e. The van der Waals surface area contributed by atoms with Gasteiger partial charge < -0.3 is 5.73 Å². The molecule has 2 N–H and O–H groups in total. The lowest BCUT2D eigenvalue weighted by atomic mass is 10.4. The molecule has 0 unspecified atom stereocenters. The summed E-state index contributed by atoms with van der Waals surface area (Å²) >= 11 is 0. The minimum atomic E-state index is -0.141. The fourth-order valence-electron chi connectivity index (χ4n) is 0.204. The Bertz CT molecular complexity index is 118. The first-order valence-corrected chi connectivity index (χ1v) is 2.16. The number of hydrogen-bond acceptors (Lipinski definition) is 3. The van der Waals surface area contributed by atoms with Crippen molar-refractivity contribution in [2.75, 3.05) is 6.54 Å². The minimum absolute atomic E-state index is 0.0337. The zero-order valence-corrected chi connectivity index (χ0v) is 4.50. The Morgan fingerprint density at radius 2 is 2.50 bits per heavy atom. The van der Waals surface area contributed by atoms with Crippen molar-refractivity contribution in [2.24, 2.45) is 10.7 Å². The summed E-state index contributed by atoms with van der Waals surface area (Å²) in [7, 11) is 0. The van der Waals surface area contributed by atoms with E-state index in [1.165, 1.54) is 12.3 Å². The van der Waals surface area contributed by atoms with Crippen LogP contribution in [0.5, 0.6) is 0 Å². The van der Waals surface area contributed by atoms with Gasteiger partial charge in [-0.05, 0) is 6.72 Å². The van der Waals surface area contributed by atoms with Gasteiger partial charge in [-0.15, -0.1) is 0 Å². The first kappa shape index (κ1) is 7.04. The molecule has 0 saturated carbocycles. The Morgan fingerprint density at radius 1 is 1.88 bits per heavy atom. The minimum Gasteiger partial charge on any atom is -0.324 e. The van der Waals surface area contributed by atoms with Crippen LogP contribution in [-0.2, 0) is 4.79 Å². The molecule has 0 spiro atoms. The summed E-state index contributed by atoms with van der Waals surface area (Å²) in [4.78, 5) is 13.6. The number of carbonyl (C=O) groups is 1. The maximum atomic E-state index is 10.3. The predicted molar refractivity (Wildman–Crippen MR) is 32.8 cm³/mol. The van der Waals surface area contributed by atoms with E-state index in [2.05, 4.69) is 11.7 Å². The molecule has 0 aliphatic heterocycles. The molecule has 0 bridgehead atoms. The Labute approximate surface area is 47.9 Å². The van der Waals surface area contributed by atoms with Gasteiger partial charge >= 0.3 is 0 Å². The quantitative estimate of drug-likeness (QED) is 0.403. The van der Waals surface area contributed by atoms with Crippen LogP contribution in [0.4, 0.5) is 0 Å². The highest BCUT2D eigenvalue weighted by molar-refractivity contribution is 5.91. The molecule has 0 aliphatic rings.